The van der Waals surface area contributed by atoms with Gasteiger partial charge in [-0.3, -0.25) is 14.9 Å². The number of anilines is 1. The van der Waals surface area contributed by atoms with Gasteiger partial charge in [0.1, 0.15) is 5.69 Å². The summed E-state index contributed by atoms with van der Waals surface area (Å²) in [5, 5.41) is 14.1. The second kappa shape index (κ2) is 8.00. The zero-order valence-electron chi connectivity index (χ0n) is 15.1. The molecule has 144 valence electrons. The molecule has 0 aliphatic carbocycles. The third-order valence-electron chi connectivity index (χ3n) is 4.35. The van der Waals surface area contributed by atoms with Gasteiger partial charge in [0.25, 0.3) is 5.69 Å². The number of likely N-dealkylation sites (N-methyl/N-ethyl adjacent to an activating group) is 1. The SMILES string of the molecule is C[C@H]1CCCN(S(=O)(=O)c2ccc(NCC(=O)N(C)C)c([N+](=O)[O-])c2)C1. The maximum Gasteiger partial charge on any atom is 0.293 e. The van der Waals surface area contributed by atoms with Gasteiger partial charge in [-0.25, -0.2) is 8.42 Å². The number of nitro benzene ring substituents is 1. The molecule has 10 heteroatoms. The van der Waals surface area contributed by atoms with Crippen LogP contribution in [0.3, 0.4) is 0 Å². The second-order valence-electron chi connectivity index (χ2n) is 6.69. The van der Waals surface area contributed by atoms with E-state index in [1.165, 1.54) is 21.3 Å². The Bertz CT molecular complexity index is 794. The molecule has 0 unspecified atom stereocenters. The van der Waals surface area contributed by atoms with E-state index in [0.29, 0.717) is 13.1 Å². The molecule has 0 spiro atoms. The molecule has 2 rings (SSSR count). The normalized spacial score (nSPS) is 18.3. The van der Waals surface area contributed by atoms with E-state index in [4.69, 9.17) is 0 Å². The van der Waals surface area contributed by atoms with E-state index in [2.05, 4.69) is 5.32 Å². The average molecular weight is 384 g/mol. The standard InChI is InChI=1S/C16H24N4O5S/c1-12-5-4-8-19(11-12)26(24,25)13-6-7-14(15(9-13)20(22)23)17-10-16(21)18(2)3/h6-7,9,12,17H,4-5,8,10-11H2,1-3H3/t12-/m0/s1. The first-order chi connectivity index (χ1) is 12.1. The Morgan fingerprint density at radius 1 is 1.42 bits per heavy atom. The van der Waals surface area contributed by atoms with E-state index in [0.717, 1.165) is 18.9 Å². The molecule has 1 atom stereocenters. The van der Waals surface area contributed by atoms with E-state index in [1.54, 1.807) is 14.1 Å². The van der Waals surface area contributed by atoms with Gasteiger partial charge in [0.05, 0.1) is 16.4 Å². The lowest BCUT2D eigenvalue weighted by molar-refractivity contribution is -0.384. The lowest BCUT2D eigenvalue weighted by atomic mass is 10.0. The highest BCUT2D eigenvalue weighted by Crippen LogP contribution is 2.30. The number of hydrogen-bond acceptors (Lipinski definition) is 6. The maximum atomic E-state index is 12.8. The molecule has 1 fully saturated rings. The number of nitro groups is 1. The van der Waals surface area contributed by atoms with Gasteiger partial charge in [0, 0.05) is 33.3 Å². The summed E-state index contributed by atoms with van der Waals surface area (Å²) in [4.78, 5) is 23.6. The molecule has 9 nitrogen and oxygen atoms in total. The van der Waals surface area contributed by atoms with Crippen LogP contribution in [0.25, 0.3) is 0 Å². The Morgan fingerprint density at radius 2 is 2.12 bits per heavy atom. The van der Waals surface area contributed by atoms with Crippen molar-refractivity contribution < 1.29 is 18.1 Å². The molecule has 1 saturated heterocycles. The largest absolute Gasteiger partial charge is 0.371 e. The lowest BCUT2D eigenvalue weighted by Gasteiger charge is -2.30. The number of nitrogens with one attached hydrogen (secondary N) is 1. The molecule has 0 saturated carbocycles. The van der Waals surface area contributed by atoms with Gasteiger partial charge in [-0.2, -0.15) is 4.31 Å². The summed E-state index contributed by atoms with van der Waals surface area (Å²) in [5.74, 6) is 0.00444. The first-order valence-corrected chi connectivity index (χ1v) is 9.79. The Balaban J connectivity index is 2.29. The first kappa shape index (κ1) is 20.1. The monoisotopic (exact) mass is 384 g/mol. The molecule has 26 heavy (non-hydrogen) atoms. The Labute approximate surface area is 153 Å². The quantitative estimate of drug-likeness (QED) is 0.588. The van der Waals surface area contributed by atoms with Crippen molar-refractivity contribution in [1.82, 2.24) is 9.21 Å². The fourth-order valence-corrected chi connectivity index (χ4v) is 4.43. The van der Waals surface area contributed by atoms with Crippen molar-refractivity contribution in [2.24, 2.45) is 5.92 Å². The topological polar surface area (TPSA) is 113 Å². The van der Waals surface area contributed by atoms with Gasteiger partial charge in [0.2, 0.25) is 15.9 Å². The van der Waals surface area contributed by atoms with Gasteiger partial charge in [-0.05, 0) is 30.9 Å². The van der Waals surface area contributed by atoms with Crippen LogP contribution in [-0.4, -0.2) is 62.2 Å². The first-order valence-electron chi connectivity index (χ1n) is 8.35. The van der Waals surface area contributed by atoms with Gasteiger partial charge in [-0.15, -0.1) is 0 Å². The smallest absolute Gasteiger partial charge is 0.293 e. The van der Waals surface area contributed by atoms with E-state index in [-0.39, 0.29) is 34.6 Å². The number of benzene rings is 1. The van der Waals surface area contributed by atoms with Crippen molar-refractivity contribution in [3.63, 3.8) is 0 Å². The van der Waals surface area contributed by atoms with Crippen LogP contribution in [0.4, 0.5) is 11.4 Å². The number of piperidine rings is 1. The van der Waals surface area contributed by atoms with Gasteiger partial charge < -0.3 is 10.2 Å². The molecular weight excluding hydrogens is 360 g/mol. The molecule has 1 heterocycles. The van der Waals surface area contributed by atoms with Gasteiger partial charge >= 0.3 is 0 Å². The minimum Gasteiger partial charge on any atom is -0.371 e. The van der Waals surface area contributed by atoms with E-state index in [1.807, 2.05) is 6.92 Å². The summed E-state index contributed by atoms with van der Waals surface area (Å²) < 4.78 is 27.0. The third-order valence-corrected chi connectivity index (χ3v) is 6.21. The van der Waals surface area contributed by atoms with E-state index in [9.17, 15) is 23.3 Å². The number of rotatable bonds is 6. The van der Waals surface area contributed by atoms with Crippen LogP contribution in [0.2, 0.25) is 0 Å². The Hall–Kier alpha value is -2.20. The molecule has 0 bridgehead atoms. The highest BCUT2D eigenvalue weighted by Gasteiger charge is 2.30. The van der Waals surface area contributed by atoms with Crippen LogP contribution in [0.15, 0.2) is 23.1 Å². The van der Waals surface area contributed by atoms with Crippen molar-refractivity contribution in [2.75, 3.05) is 39.0 Å². The van der Waals surface area contributed by atoms with Crippen LogP contribution in [-0.2, 0) is 14.8 Å². The van der Waals surface area contributed by atoms with Crippen molar-refractivity contribution in [1.29, 1.82) is 0 Å². The van der Waals surface area contributed by atoms with Crippen LogP contribution < -0.4 is 5.32 Å². The van der Waals surface area contributed by atoms with Gasteiger partial charge in [-0.1, -0.05) is 6.92 Å². The lowest BCUT2D eigenvalue weighted by Crippen LogP contribution is -2.39. The summed E-state index contributed by atoms with van der Waals surface area (Å²) in [6.07, 6.45) is 1.74. The Kier molecular flexibility index (Phi) is 6.19. The molecule has 1 N–H and O–H groups in total. The number of carbonyl (C=O) groups is 1. The minimum atomic E-state index is -3.79. The number of hydrogen-bond donors (Lipinski definition) is 1. The molecule has 0 aromatic heterocycles. The predicted molar refractivity (Wildman–Crippen MR) is 97.4 cm³/mol. The van der Waals surface area contributed by atoms with Gasteiger partial charge in [0.15, 0.2) is 0 Å². The third kappa shape index (κ3) is 4.50. The molecule has 1 aliphatic heterocycles. The van der Waals surface area contributed by atoms with Crippen molar-refractivity contribution in [2.45, 2.75) is 24.7 Å². The van der Waals surface area contributed by atoms with Crippen LogP contribution in [0, 0.1) is 16.0 Å². The molecule has 1 aromatic carbocycles. The highest BCUT2D eigenvalue weighted by atomic mass is 32.2. The van der Waals surface area contributed by atoms with E-state index >= 15 is 0 Å². The number of sulfonamides is 1. The highest BCUT2D eigenvalue weighted by molar-refractivity contribution is 7.89. The molecule has 0 radical (unpaired) electrons. The van der Waals surface area contributed by atoms with Crippen LogP contribution >= 0.6 is 0 Å². The fourth-order valence-electron chi connectivity index (χ4n) is 2.82. The second-order valence-corrected chi connectivity index (χ2v) is 8.63. The molecule has 1 amide bonds. The zero-order chi connectivity index (χ0) is 19.5. The summed E-state index contributed by atoms with van der Waals surface area (Å²) in [7, 11) is -0.632. The molecule has 1 aliphatic rings. The van der Waals surface area contributed by atoms with Crippen molar-refractivity contribution in [3.05, 3.63) is 28.3 Å². The summed E-state index contributed by atoms with van der Waals surface area (Å²) in [5.41, 5.74) is -0.265. The molecular formula is C16H24N4O5S. The Morgan fingerprint density at radius 3 is 2.69 bits per heavy atom. The number of carbonyl (C=O) groups excluding carboxylic acids is 1. The summed E-state index contributed by atoms with van der Waals surface area (Å²) in [6, 6.07) is 3.72. The summed E-state index contributed by atoms with van der Waals surface area (Å²) >= 11 is 0. The fraction of sp³-hybridized carbons (Fsp3) is 0.562. The van der Waals surface area contributed by atoms with E-state index < -0.39 is 14.9 Å². The van der Waals surface area contributed by atoms with Crippen molar-refractivity contribution in [3.8, 4) is 0 Å². The molecule has 1 aromatic rings. The predicted octanol–water partition coefficient (Wildman–Crippen LogP) is 1.52. The van der Waals surface area contributed by atoms with Crippen LogP contribution in [0.5, 0.6) is 0 Å². The minimum absolute atomic E-state index is 0.108. The number of nitrogens with zero attached hydrogens (tertiary/aromatic N) is 3. The zero-order valence-corrected chi connectivity index (χ0v) is 16.0. The van der Waals surface area contributed by atoms with Crippen LogP contribution in [0.1, 0.15) is 19.8 Å². The summed E-state index contributed by atoms with van der Waals surface area (Å²) in [6.45, 7) is 2.69. The number of amides is 1. The van der Waals surface area contributed by atoms with Crippen molar-refractivity contribution >= 4 is 27.3 Å². The average Bonchev–Trinajstić information content (AvgIpc) is 2.59. The maximum absolute atomic E-state index is 12.8.